The lowest BCUT2D eigenvalue weighted by molar-refractivity contribution is -0.0914. The third-order valence-electron chi connectivity index (χ3n) is 4.20. The zero-order valence-corrected chi connectivity index (χ0v) is 9.59. The van der Waals surface area contributed by atoms with Crippen molar-refractivity contribution in [1.82, 2.24) is 4.90 Å². The molecule has 2 aliphatic rings. The Labute approximate surface area is 87.6 Å². The molecule has 2 heteroatoms. The molecule has 1 saturated carbocycles. The van der Waals surface area contributed by atoms with Gasteiger partial charge in [-0.2, -0.15) is 0 Å². The predicted molar refractivity (Wildman–Crippen MR) is 58.4 cm³/mol. The van der Waals surface area contributed by atoms with E-state index >= 15 is 0 Å². The Morgan fingerprint density at radius 1 is 1.29 bits per heavy atom. The number of ether oxygens (including phenoxy) is 1. The largest absolute Gasteiger partial charge is 0.378 e. The average molecular weight is 197 g/mol. The summed E-state index contributed by atoms with van der Waals surface area (Å²) in [7, 11) is 4.12. The van der Waals surface area contributed by atoms with Crippen LogP contribution in [0.15, 0.2) is 0 Å². The Kier molecular flexibility index (Phi) is 3.13. The fourth-order valence-electron chi connectivity index (χ4n) is 2.85. The summed E-state index contributed by atoms with van der Waals surface area (Å²) in [5.74, 6) is 0.923. The predicted octanol–water partition coefficient (Wildman–Crippen LogP) is 2.29. The van der Waals surface area contributed by atoms with Gasteiger partial charge < -0.3 is 9.64 Å². The highest BCUT2D eigenvalue weighted by atomic mass is 16.5. The van der Waals surface area contributed by atoms with E-state index in [1.165, 1.54) is 51.6 Å². The smallest absolute Gasteiger partial charge is 0.0681 e. The van der Waals surface area contributed by atoms with E-state index < -0.39 is 0 Å². The number of rotatable bonds is 3. The minimum atomic E-state index is 0.292. The minimum Gasteiger partial charge on any atom is -0.378 e. The monoisotopic (exact) mass is 197 g/mol. The van der Waals surface area contributed by atoms with Crippen LogP contribution in [0.4, 0.5) is 0 Å². The van der Waals surface area contributed by atoms with Crippen molar-refractivity contribution < 1.29 is 4.74 Å². The van der Waals surface area contributed by atoms with Gasteiger partial charge in [0.05, 0.1) is 5.60 Å². The molecule has 0 unspecified atom stereocenters. The first-order valence-electron chi connectivity index (χ1n) is 5.98. The summed E-state index contributed by atoms with van der Waals surface area (Å²) >= 11 is 0. The summed E-state index contributed by atoms with van der Waals surface area (Å²) in [5, 5.41) is 0. The van der Waals surface area contributed by atoms with Crippen LogP contribution in [-0.4, -0.2) is 37.7 Å². The van der Waals surface area contributed by atoms with E-state index in [1.807, 2.05) is 7.11 Å². The summed E-state index contributed by atoms with van der Waals surface area (Å²) in [6.07, 6.45) is 8.05. The molecule has 0 aromatic carbocycles. The molecule has 0 radical (unpaired) electrons. The molecule has 0 spiro atoms. The molecule has 1 aliphatic heterocycles. The summed E-state index contributed by atoms with van der Waals surface area (Å²) in [6.45, 7) is 2.56. The highest BCUT2D eigenvalue weighted by Gasteiger charge is 2.39. The molecule has 0 bridgehead atoms. The third kappa shape index (κ3) is 2.12. The fourth-order valence-corrected chi connectivity index (χ4v) is 2.85. The van der Waals surface area contributed by atoms with Crippen LogP contribution >= 0.6 is 0 Å². The molecule has 2 fully saturated rings. The Morgan fingerprint density at radius 2 is 1.93 bits per heavy atom. The van der Waals surface area contributed by atoms with E-state index in [9.17, 15) is 0 Å². The molecule has 0 aromatic rings. The highest BCUT2D eigenvalue weighted by Crippen LogP contribution is 2.42. The normalized spacial score (nSPS) is 28.7. The van der Waals surface area contributed by atoms with E-state index in [1.54, 1.807) is 0 Å². The van der Waals surface area contributed by atoms with Crippen LogP contribution in [0.2, 0.25) is 0 Å². The number of hydrogen-bond acceptors (Lipinski definition) is 2. The molecular weight excluding hydrogens is 174 g/mol. The third-order valence-corrected chi connectivity index (χ3v) is 4.20. The molecule has 1 aliphatic carbocycles. The summed E-state index contributed by atoms with van der Waals surface area (Å²) < 4.78 is 5.69. The van der Waals surface area contributed by atoms with Gasteiger partial charge in [-0.05, 0) is 64.6 Å². The van der Waals surface area contributed by atoms with Crippen LogP contribution < -0.4 is 0 Å². The van der Waals surface area contributed by atoms with Gasteiger partial charge in [-0.25, -0.2) is 0 Å². The second kappa shape index (κ2) is 4.19. The van der Waals surface area contributed by atoms with Crippen molar-refractivity contribution in [2.75, 3.05) is 27.2 Å². The van der Waals surface area contributed by atoms with E-state index in [-0.39, 0.29) is 0 Å². The van der Waals surface area contributed by atoms with E-state index in [0.717, 1.165) is 5.92 Å². The van der Waals surface area contributed by atoms with Gasteiger partial charge in [-0.1, -0.05) is 0 Å². The first-order chi connectivity index (χ1) is 6.74. The molecule has 1 saturated heterocycles. The summed E-state index contributed by atoms with van der Waals surface area (Å²) in [4.78, 5) is 2.44. The van der Waals surface area contributed by atoms with Crippen molar-refractivity contribution in [3.63, 3.8) is 0 Å². The molecule has 2 nitrogen and oxygen atoms in total. The van der Waals surface area contributed by atoms with Crippen LogP contribution in [0, 0.1) is 5.92 Å². The standard InChI is InChI=1S/C12H23NO/c1-13-8-4-11(5-9-13)10-12(14-2)6-3-7-12/h11H,3-10H2,1-2H3. The second-order valence-corrected chi connectivity index (χ2v) is 5.19. The SMILES string of the molecule is COC1(CC2CCN(C)CC2)CCC1. The molecule has 14 heavy (non-hydrogen) atoms. The average Bonchev–Trinajstić information content (AvgIpc) is 2.15. The lowest BCUT2D eigenvalue weighted by Crippen LogP contribution is -2.43. The maximum absolute atomic E-state index is 5.69. The van der Waals surface area contributed by atoms with Crippen molar-refractivity contribution in [1.29, 1.82) is 0 Å². The summed E-state index contributed by atoms with van der Waals surface area (Å²) in [5.41, 5.74) is 0.292. The van der Waals surface area contributed by atoms with Crippen LogP contribution in [0.1, 0.15) is 38.5 Å². The van der Waals surface area contributed by atoms with Gasteiger partial charge >= 0.3 is 0 Å². The van der Waals surface area contributed by atoms with Gasteiger partial charge in [0.2, 0.25) is 0 Å². The molecule has 0 amide bonds. The lowest BCUT2D eigenvalue weighted by Gasteiger charge is -2.44. The minimum absolute atomic E-state index is 0.292. The van der Waals surface area contributed by atoms with Gasteiger partial charge in [-0.3, -0.25) is 0 Å². The lowest BCUT2D eigenvalue weighted by atomic mass is 9.72. The molecule has 0 aromatic heterocycles. The van der Waals surface area contributed by atoms with Gasteiger partial charge in [0, 0.05) is 7.11 Å². The van der Waals surface area contributed by atoms with Gasteiger partial charge in [0.1, 0.15) is 0 Å². The van der Waals surface area contributed by atoms with Crippen LogP contribution in [0.25, 0.3) is 0 Å². The van der Waals surface area contributed by atoms with Crippen LogP contribution in [0.5, 0.6) is 0 Å². The Hall–Kier alpha value is -0.0800. The number of methoxy groups -OCH3 is 1. The molecular formula is C12H23NO. The van der Waals surface area contributed by atoms with E-state index in [2.05, 4.69) is 11.9 Å². The molecule has 82 valence electrons. The summed E-state index contributed by atoms with van der Waals surface area (Å²) in [6, 6.07) is 0. The number of hydrogen-bond donors (Lipinski definition) is 0. The highest BCUT2D eigenvalue weighted by molar-refractivity contribution is 4.92. The molecule has 1 heterocycles. The van der Waals surface area contributed by atoms with Gasteiger partial charge in [0.15, 0.2) is 0 Å². The molecule has 2 rings (SSSR count). The van der Waals surface area contributed by atoms with Crippen molar-refractivity contribution in [3.05, 3.63) is 0 Å². The fraction of sp³-hybridized carbons (Fsp3) is 1.00. The first kappa shape index (κ1) is 10.4. The van der Waals surface area contributed by atoms with E-state index in [0.29, 0.717) is 5.60 Å². The van der Waals surface area contributed by atoms with Crippen molar-refractivity contribution in [2.24, 2.45) is 5.92 Å². The quantitative estimate of drug-likeness (QED) is 0.688. The number of piperidine rings is 1. The topological polar surface area (TPSA) is 12.5 Å². The first-order valence-corrected chi connectivity index (χ1v) is 5.98. The zero-order valence-electron chi connectivity index (χ0n) is 9.59. The van der Waals surface area contributed by atoms with Crippen molar-refractivity contribution in [2.45, 2.75) is 44.1 Å². The zero-order chi connectivity index (χ0) is 10.0. The van der Waals surface area contributed by atoms with Crippen molar-refractivity contribution in [3.8, 4) is 0 Å². The van der Waals surface area contributed by atoms with Crippen LogP contribution in [-0.2, 0) is 4.74 Å². The van der Waals surface area contributed by atoms with Gasteiger partial charge in [-0.15, -0.1) is 0 Å². The Balaban J connectivity index is 1.79. The maximum Gasteiger partial charge on any atom is 0.0681 e. The number of nitrogens with zero attached hydrogens (tertiary/aromatic N) is 1. The Morgan fingerprint density at radius 3 is 2.36 bits per heavy atom. The van der Waals surface area contributed by atoms with Crippen LogP contribution in [0.3, 0.4) is 0 Å². The Bertz CT molecular complexity index is 175. The number of likely N-dealkylation sites (tertiary alicyclic amines) is 1. The van der Waals surface area contributed by atoms with E-state index in [4.69, 9.17) is 4.74 Å². The second-order valence-electron chi connectivity index (χ2n) is 5.19. The van der Waals surface area contributed by atoms with Gasteiger partial charge in [0.25, 0.3) is 0 Å². The van der Waals surface area contributed by atoms with Crippen molar-refractivity contribution >= 4 is 0 Å². The molecule has 0 N–H and O–H groups in total. The molecule has 0 atom stereocenters. The maximum atomic E-state index is 5.69.